The second-order valence-corrected chi connectivity index (χ2v) is 4.43. The zero-order chi connectivity index (χ0) is 13.6. The summed E-state index contributed by atoms with van der Waals surface area (Å²) in [6.07, 6.45) is -0.403. The van der Waals surface area contributed by atoms with E-state index < -0.39 is 18.2 Å². The topological polar surface area (TPSA) is 77.3 Å². The molecule has 0 unspecified atom stereocenters. The van der Waals surface area contributed by atoms with Crippen LogP contribution in [-0.4, -0.2) is 45.9 Å². The van der Waals surface area contributed by atoms with Crippen LogP contribution in [0, 0.1) is 0 Å². The second kappa shape index (κ2) is 12.5. The van der Waals surface area contributed by atoms with Crippen LogP contribution in [0.25, 0.3) is 0 Å². The average Bonchev–Trinajstić information content (AvgIpc) is 2.16. The Morgan fingerprint density at radius 1 is 0.895 bits per heavy atom. The molecule has 0 spiro atoms. The summed E-state index contributed by atoms with van der Waals surface area (Å²) in [5, 5.41) is 32.3. The molecule has 0 saturated carbocycles. The Balaban J connectivity index is -0.00000128. The third kappa shape index (κ3) is 12.2. The first kappa shape index (κ1) is 24.7. The predicted molar refractivity (Wildman–Crippen MR) is 71.6 cm³/mol. The van der Waals surface area contributed by atoms with Crippen molar-refractivity contribution in [2.24, 2.45) is 10.2 Å². The van der Waals surface area contributed by atoms with Crippen molar-refractivity contribution in [1.82, 2.24) is 10.0 Å². The fraction of sp³-hybridized carbons (Fsp3) is 0.556. The number of hydrogen-bond donors (Lipinski definition) is 0. The number of hydrazone groups is 2. The van der Waals surface area contributed by atoms with Crippen molar-refractivity contribution in [1.29, 1.82) is 0 Å². The van der Waals surface area contributed by atoms with Crippen molar-refractivity contribution in [3.8, 4) is 0 Å². The van der Waals surface area contributed by atoms with E-state index in [0.29, 0.717) is 9.98 Å². The van der Waals surface area contributed by atoms with E-state index in [-0.39, 0.29) is 59.1 Å². The summed E-state index contributed by atoms with van der Waals surface area (Å²) in [5.74, 6) is -1.19. The normalized spacial score (nSPS) is 10.9. The Hall–Kier alpha value is 0.720. The SMILES string of the molecule is CC(=S)N(C)/N=C(\[O-])C/C([O-])=N/N(C)C(C)=S.[Na+].[Na+]. The molecule has 0 atom stereocenters. The smallest absolute Gasteiger partial charge is 0.860 e. The van der Waals surface area contributed by atoms with Gasteiger partial charge in [0.1, 0.15) is 0 Å². The van der Waals surface area contributed by atoms with Crippen molar-refractivity contribution in [3.05, 3.63) is 0 Å². The van der Waals surface area contributed by atoms with Gasteiger partial charge >= 0.3 is 59.1 Å². The zero-order valence-electron chi connectivity index (χ0n) is 12.1. The molecule has 0 aromatic rings. The Bertz CT molecular complexity index is 343. The van der Waals surface area contributed by atoms with Crippen molar-refractivity contribution >= 4 is 46.2 Å². The average molecular weight is 320 g/mol. The number of nitrogens with zero attached hydrogens (tertiary/aromatic N) is 4. The summed E-state index contributed by atoms with van der Waals surface area (Å²) in [7, 11) is 3.07. The van der Waals surface area contributed by atoms with Crippen molar-refractivity contribution < 1.29 is 69.3 Å². The molecule has 96 valence electrons. The van der Waals surface area contributed by atoms with E-state index in [0.717, 1.165) is 0 Å². The van der Waals surface area contributed by atoms with Crippen LogP contribution < -0.4 is 69.3 Å². The van der Waals surface area contributed by atoms with E-state index in [2.05, 4.69) is 10.2 Å². The number of hydrogen-bond acceptors (Lipinski definition) is 6. The molecule has 0 saturated heterocycles. The van der Waals surface area contributed by atoms with E-state index in [1.54, 1.807) is 13.8 Å². The fourth-order valence-corrected chi connectivity index (χ4v) is 0.757. The molecule has 0 heterocycles. The molecule has 0 fully saturated rings. The van der Waals surface area contributed by atoms with Gasteiger partial charge in [0, 0.05) is 20.5 Å². The van der Waals surface area contributed by atoms with Gasteiger partial charge in [0.2, 0.25) is 0 Å². The number of thiocarbonyl (C=S) groups is 2. The molecule has 10 heteroatoms. The largest absolute Gasteiger partial charge is 1.00 e. The third-order valence-electron chi connectivity index (χ3n) is 1.74. The van der Waals surface area contributed by atoms with Gasteiger partial charge in [0.05, 0.1) is 9.98 Å². The third-order valence-corrected chi connectivity index (χ3v) is 2.27. The minimum atomic E-state index is -0.596. The van der Waals surface area contributed by atoms with Gasteiger partial charge in [-0.25, -0.2) is 0 Å². The molecular formula is C9H14N4Na2O2S2. The summed E-state index contributed by atoms with van der Waals surface area (Å²) >= 11 is 9.60. The molecule has 0 radical (unpaired) electrons. The van der Waals surface area contributed by atoms with Crippen molar-refractivity contribution in [3.63, 3.8) is 0 Å². The molecule has 0 aliphatic rings. The number of rotatable bonds is 4. The molecule has 0 N–H and O–H groups in total. The van der Waals surface area contributed by atoms with Gasteiger partial charge in [-0.15, -0.1) is 0 Å². The monoisotopic (exact) mass is 320 g/mol. The van der Waals surface area contributed by atoms with E-state index in [1.807, 2.05) is 0 Å². The van der Waals surface area contributed by atoms with Crippen LogP contribution in [0.5, 0.6) is 0 Å². The molecule has 0 rings (SSSR count). The van der Waals surface area contributed by atoms with Crippen LogP contribution in [0.3, 0.4) is 0 Å². The molecule has 0 aromatic carbocycles. The Kier molecular flexibility index (Phi) is 16.2. The van der Waals surface area contributed by atoms with Crippen LogP contribution >= 0.6 is 24.4 Å². The molecule has 0 amide bonds. The quantitative estimate of drug-likeness (QED) is 0.168. The van der Waals surface area contributed by atoms with Crippen LogP contribution in [-0.2, 0) is 0 Å². The maximum atomic E-state index is 11.3. The molecule has 0 aliphatic carbocycles. The Morgan fingerprint density at radius 3 is 1.37 bits per heavy atom. The first-order valence-electron chi connectivity index (χ1n) is 4.71. The van der Waals surface area contributed by atoms with Gasteiger partial charge in [-0.05, 0) is 25.6 Å². The fourth-order valence-electron chi connectivity index (χ4n) is 0.676. The Morgan fingerprint density at radius 2 is 1.16 bits per heavy atom. The second-order valence-electron chi connectivity index (χ2n) is 3.25. The summed E-state index contributed by atoms with van der Waals surface area (Å²) < 4.78 is 0. The standard InChI is InChI=1S/C9H16N4O2S2.2Na/c1-6(16)12(3)10-8(14)5-9(15)11-13(4)7(2)17;;/h5H2,1-4H3,(H,10,14)(H,11,15);;/q;2*+1/p-2. The summed E-state index contributed by atoms with van der Waals surface area (Å²) in [6.45, 7) is 3.25. The van der Waals surface area contributed by atoms with Crippen molar-refractivity contribution in [2.75, 3.05) is 14.1 Å². The van der Waals surface area contributed by atoms with E-state index in [1.165, 1.54) is 24.1 Å². The molecule has 0 aromatic heterocycles. The van der Waals surface area contributed by atoms with Crippen LogP contribution in [0.4, 0.5) is 0 Å². The minimum absolute atomic E-state index is 0. The van der Waals surface area contributed by atoms with Gasteiger partial charge in [-0.1, -0.05) is 24.4 Å². The predicted octanol–water partition coefficient (Wildman–Crippen LogP) is -6.71. The van der Waals surface area contributed by atoms with Crippen LogP contribution in [0.2, 0.25) is 0 Å². The maximum absolute atomic E-state index is 11.3. The van der Waals surface area contributed by atoms with Gasteiger partial charge in [-0.2, -0.15) is 10.2 Å². The molecular weight excluding hydrogens is 306 g/mol. The maximum Gasteiger partial charge on any atom is 1.00 e. The van der Waals surface area contributed by atoms with Gasteiger partial charge in [0.25, 0.3) is 0 Å². The van der Waals surface area contributed by atoms with Crippen molar-refractivity contribution in [2.45, 2.75) is 20.3 Å². The van der Waals surface area contributed by atoms with E-state index >= 15 is 0 Å². The summed E-state index contributed by atoms with van der Waals surface area (Å²) in [6, 6.07) is 0. The first-order valence-corrected chi connectivity index (χ1v) is 5.53. The van der Waals surface area contributed by atoms with Gasteiger partial charge in [-0.3, -0.25) is 10.0 Å². The van der Waals surface area contributed by atoms with Gasteiger partial charge < -0.3 is 10.2 Å². The summed E-state index contributed by atoms with van der Waals surface area (Å²) in [5.41, 5.74) is 0. The Labute approximate surface area is 168 Å². The van der Waals surface area contributed by atoms with Crippen LogP contribution in [0.1, 0.15) is 20.3 Å². The molecule has 6 nitrogen and oxygen atoms in total. The molecule has 0 bridgehead atoms. The van der Waals surface area contributed by atoms with Gasteiger partial charge in [0.15, 0.2) is 0 Å². The molecule has 0 aliphatic heterocycles. The first-order chi connectivity index (χ1) is 7.73. The minimum Gasteiger partial charge on any atom is -0.860 e. The summed E-state index contributed by atoms with van der Waals surface area (Å²) in [4.78, 5) is 0.879. The molecule has 19 heavy (non-hydrogen) atoms. The zero-order valence-corrected chi connectivity index (χ0v) is 17.8. The van der Waals surface area contributed by atoms with E-state index in [4.69, 9.17) is 24.4 Å². The van der Waals surface area contributed by atoms with E-state index in [9.17, 15) is 10.2 Å². The van der Waals surface area contributed by atoms with Crippen LogP contribution in [0.15, 0.2) is 10.2 Å².